The van der Waals surface area contributed by atoms with Crippen molar-refractivity contribution in [3.05, 3.63) is 35.1 Å². The number of halogens is 4. The van der Waals surface area contributed by atoms with E-state index < -0.39 is 17.5 Å². The molecule has 2 aliphatic rings. The zero-order valence-corrected chi connectivity index (χ0v) is 14.3. The van der Waals surface area contributed by atoms with E-state index in [9.17, 15) is 13.2 Å². The maximum Gasteiger partial charge on any atom is 0.194 e. The van der Waals surface area contributed by atoms with Crippen LogP contribution in [0, 0.1) is 17.5 Å². The molecule has 22 heavy (non-hydrogen) atoms. The molecule has 0 saturated heterocycles. The van der Waals surface area contributed by atoms with Crippen molar-refractivity contribution in [3.8, 4) is 0 Å². The number of hydrogen-bond donors (Lipinski definition) is 2. The fraction of sp³-hybridized carbons (Fsp3) is 0.533. The van der Waals surface area contributed by atoms with Gasteiger partial charge in [-0.1, -0.05) is 12.8 Å². The lowest BCUT2D eigenvalue weighted by molar-refractivity contribution is 0.445. The minimum absolute atomic E-state index is 0. The Bertz CT molecular complexity index is 550. The third kappa shape index (κ3) is 3.85. The molecule has 2 fully saturated rings. The largest absolute Gasteiger partial charge is 0.370 e. The van der Waals surface area contributed by atoms with Gasteiger partial charge in [-0.25, -0.2) is 18.2 Å². The number of nitrogens with one attached hydrogen (secondary N) is 1. The van der Waals surface area contributed by atoms with Crippen LogP contribution in [0.5, 0.6) is 0 Å². The zero-order valence-electron chi connectivity index (χ0n) is 12.0. The van der Waals surface area contributed by atoms with E-state index in [1.54, 1.807) is 0 Å². The van der Waals surface area contributed by atoms with Crippen molar-refractivity contribution in [1.29, 1.82) is 0 Å². The van der Waals surface area contributed by atoms with Crippen molar-refractivity contribution in [3.63, 3.8) is 0 Å². The highest BCUT2D eigenvalue weighted by Crippen LogP contribution is 2.44. The average molecular weight is 425 g/mol. The fourth-order valence-corrected chi connectivity index (χ4v) is 2.97. The molecule has 2 aliphatic carbocycles. The second-order valence-electron chi connectivity index (χ2n) is 5.85. The molecule has 0 heterocycles. The summed E-state index contributed by atoms with van der Waals surface area (Å²) in [7, 11) is 0. The highest BCUT2D eigenvalue weighted by Gasteiger charge is 2.39. The number of guanidine groups is 1. The summed E-state index contributed by atoms with van der Waals surface area (Å²) in [6, 6.07) is 2.38. The van der Waals surface area contributed by atoms with E-state index in [1.165, 1.54) is 12.8 Å². The first kappa shape index (κ1) is 17.4. The minimum Gasteiger partial charge on any atom is -0.370 e. The summed E-state index contributed by atoms with van der Waals surface area (Å²) < 4.78 is 39.3. The summed E-state index contributed by atoms with van der Waals surface area (Å²) in [6.07, 6.45) is 5.27. The predicted molar refractivity (Wildman–Crippen MR) is 89.9 cm³/mol. The first-order chi connectivity index (χ1) is 10.0. The van der Waals surface area contributed by atoms with Gasteiger partial charge in [0, 0.05) is 12.0 Å². The van der Waals surface area contributed by atoms with Crippen LogP contribution in [-0.2, 0) is 0 Å². The van der Waals surface area contributed by atoms with Gasteiger partial charge in [0.25, 0.3) is 0 Å². The van der Waals surface area contributed by atoms with Gasteiger partial charge in [-0.3, -0.25) is 0 Å². The lowest BCUT2D eigenvalue weighted by Crippen LogP contribution is -2.38. The summed E-state index contributed by atoms with van der Waals surface area (Å²) in [4.78, 5) is 4.34. The van der Waals surface area contributed by atoms with E-state index >= 15 is 0 Å². The van der Waals surface area contributed by atoms with Gasteiger partial charge in [-0.05, 0) is 37.0 Å². The normalized spacial score (nSPS) is 25.0. The minimum atomic E-state index is -1.43. The molecule has 0 aromatic heterocycles. The quantitative estimate of drug-likeness (QED) is 0.338. The Morgan fingerprint density at radius 2 is 1.73 bits per heavy atom. The number of benzene rings is 1. The summed E-state index contributed by atoms with van der Waals surface area (Å²) in [6.45, 7) is 0. The number of rotatable bonds is 3. The lowest BCUT2D eigenvalue weighted by Gasteiger charge is -2.12. The monoisotopic (exact) mass is 425 g/mol. The molecule has 3 rings (SSSR count). The molecule has 1 aromatic carbocycles. The van der Waals surface area contributed by atoms with Crippen molar-refractivity contribution in [1.82, 2.24) is 5.32 Å². The summed E-state index contributed by atoms with van der Waals surface area (Å²) >= 11 is 0. The highest BCUT2D eigenvalue weighted by molar-refractivity contribution is 14.0. The number of nitrogens with two attached hydrogens (primary N) is 1. The molecule has 122 valence electrons. The average Bonchev–Trinajstić information content (AvgIpc) is 2.99. The maximum atomic E-state index is 13.2. The van der Waals surface area contributed by atoms with Gasteiger partial charge in [0.2, 0.25) is 0 Å². The van der Waals surface area contributed by atoms with Crippen LogP contribution < -0.4 is 11.1 Å². The van der Waals surface area contributed by atoms with Crippen LogP contribution in [0.4, 0.5) is 13.2 Å². The van der Waals surface area contributed by atoms with Gasteiger partial charge >= 0.3 is 0 Å². The predicted octanol–water partition coefficient (Wildman–Crippen LogP) is 3.42. The molecule has 2 atom stereocenters. The van der Waals surface area contributed by atoms with Crippen LogP contribution in [0.2, 0.25) is 0 Å². The first-order valence-corrected chi connectivity index (χ1v) is 7.29. The van der Waals surface area contributed by atoms with Crippen LogP contribution in [-0.4, -0.2) is 18.0 Å². The van der Waals surface area contributed by atoms with Crippen molar-refractivity contribution < 1.29 is 13.2 Å². The third-order valence-electron chi connectivity index (χ3n) is 4.20. The molecule has 0 radical (unpaired) electrons. The van der Waals surface area contributed by atoms with Crippen molar-refractivity contribution in [2.24, 2.45) is 10.7 Å². The smallest absolute Gasteiger partial charge is 0.194 e. The molecule has 0 unspecified atom stereocenters. The van der Waals surface area contributed by atoms with Crippen LogP contribution in [0.25, 0.3) is 0 Å². The molecule has 1 aromatic rings. The van der Waals surface area contributed by atoms with Gasteiger partial charge < -0.3 is 11.1 Å². The maximum absolute atomic E-state index is 13.2. The van der Waals surface area contributed by atoms with Crippen LogP contribution >= 0.6 is 24.0 Å². The Labute approximate surface area is 144 Å². The Balaban J connectivity index is 0.00000176. The fourth-order valence-electron chi connectivity index (χ4n) is 2.97. The summed E-state index contributed by atoms with van der Waals surface area (Å²) in [5, 5.41) is 3.17. The molecular formula is C15H19F3IN3. The number of hydrogen-bond acceptors (Lipinski definition) is 1. The van der Waals surface area contributed by atoms with Crippen molar-refractivity contribution >= 4 is 29.9 Å². The van der Waals surface area contributed by atoms with Gasteiger partial charge in [-0.2, -0.15) is 0 Å². The van der Waals surface area contributed by atoms with E-state index in [0.717, 1.165) is 25.0 Å². The number of nitrogens with zero attached hydrogens (tertiary/aromatic N) is 1. The van der Waals surface area contributed by atoms with Gasteiger partial charge in [0.05, 0.1) is 6.04 Å². The summed E-state index contributed by atoms with van der Waals surface area (Å²) in [5.74, 6) is -3.44. The summed E-state index contributed by atoms with van der Waals surface area (Å²) in [5.41, 5.74) is 6.29. The molecular weight excluding hydrogens is 406 g/mol. The van der Waals surface area contributed by atoms with E-state index in [-0.39, 0.29) is 35.9 Å². The Morgan fingerprint density at radius 1 is 1.14 bits per heavy atom. The lowest BCUT2D eigenvalue weighted by atomic mass is 10.1. The van der Waals surface area contributed by atoms with Gasteiger partial charge in [0.15, 0.2) is 23.4 Å². The second-order valence-corrected chi connectivity index (χ2v) is 5.85. The Kier molecular flexibility index (Phi) is 5.57. The van der Waals surface area contributed by atoms with E-state index in [4.69, 9.17) is 5.73 Å². The topological polar surface area (TPSA) is 50.4 Å². The molecule has 0 amide bonds. The van der Waals surface area contributed by atoms with E-state index in [1.807, 2.05) is 0 Å². The molecule has 2 saturated carbocycles. The Hall–Kier alpha value is -0.990. The van der Waals surface area contributed by atoms with Crippen LogP contribution in [0.15, 0.2) is 17.1 Å². The van der Waals surface area contributed by atoms with E-state index in [0.29, 0.717) is 24.0 Å². The molecule has 3 nitrogen and oxygen atoms in total. The third-order valence-corrected chi connectivity index (χ3v) is 4.20. The molecule has 7 heteroatoms. The van der Waals surface area contributed by atoms with Crippen LogP contribution in [0.1, 0.15) is 43.6 Å². The first-order valence-electron chi connectivity index (χ1n) is 7.29. The van der Waals surface area contributed by atoms with Gasteiger partial charge in [0.1, 0.15) is 0 Å². The Morgan fingerprint density at radius 3 is 2.32 bits per heavy atom. The van der Waals surface area contributed by atoms with Crippen molar-refractivity contribution in [2.45, 2.75) is 50.1 Å². The second kappa shape index (κ2) is 7.06. The zero-order chi connectivity index (χ0) is 15.0. The number of aliphatic imine (C=N–C) groups is 1. The molecule has 0 spiro atoms. The standard InChI is InChI=1S/C15H18F3N3.HI/c16-11-5-8(6-12(17)14(11)18)10-7-13(10)21-15(19)20-9-3-1-2-4-9;/h5-6,9-10,13H,1-4,7H2,(H3,19,20,21);1H/t10-,13+;/m0./s1. The van der Waals surface area contributed by atoms with Crippen molar-refractivity contribution in [2.75, 3.05) is 0 Å². The SMILES string of the molecule is I.NC(=N[C@@H]1C[C@H]1c1cc(F)c(F)c(F)c1)NC1CCCC1. The highest BCUT2D eigenvalue weighted by atomic mass is 127. The molecule has 3 N–H and O–H groups in total. The van der Waals surface area contributed by atoms with Gasteiger partial charge in [-0.15, -0.1) is 24.0 Å². The molecule has 0 bridgehead atoms. The van der Waals surface area contributed by atoms with Crippen LogP contribution in [0.3, 0.4) is 0 Å². The molecule has 0 aliphatic heterocycles. The van der Waals surface area contributed by atoms with E-state index in [2.05, 4.69) is 10.3 Å².